The van der Waals surface area contributed by atoms with Crippen LogP contribution >= 0.6 is 0 Å². The third kappa shape index (κ3) is 3.81. The van der Waals surface area contributed by atoms with Gasteiger partial charge in [-0.2, -0.15) is 0 Å². The van der Waals surface area contributed by atoms with Gasteiger partial charge in [-0.25, -0.2) is 0 Å². The minimum Gasteiger partial charge on any atom is -0.507 e. The maximum Gasteiger partial charge on any atom is 0.300 e. The van der Waals surface area contributed by atoms with Gasteiger partial charge >= 0.3 is 0 Å². The Hall–Kier alpha value is -4.06. The molecule has 1 aliphatic rings. The first kappa shape index (κ1) is 23.1. The summed E-state index contributed by atoms with van der Waals surface area (Å²) in [5.41, 5.74) is 4.21. The normalized spacial score (nSPS) is 17.2. The Balaban J connectivity index is 2.00. The van der Waals surface area contributed by atoms with Gasteiger partial charge in [-0.15, -0.1) is 0 Å². The summed E-state index contributed by atoms with van der Waals surface area (Å²) in [5.74, 6) is -0.492. The van der Waals surface area contributed by atoms with Crippen LogP contribution in [-0.4, -0.2) is 31.0 Å². The quantitative estimate of drug-likeness (QED) is 0.322. The topological polar surface area (TPSA) is 76.1 Å². The van der Waals surface area contributed by atoms with Crippen molar-refractivity contribution in [3.8, 4) is 11.5 Å². The lowest BCUT2D eigenvalue weighted by Crippen LogP contribution is -2.29. The zero-order valence-corrected chi connectivity index (χ0v) is 19.9. The first-order valence-corrected chi connectivity index (χ1v) is 10.9. The number of carbonyl (C=O) groups excluding carboxylic acids is 2. The molecule has 1 N–H and O–H groups in total. The molecule has 1 aliphatic heterocycles. The monoisotopic (exact) mass is 457 g/mol. The molecular weight excluding hydrogens is 430 g/mol. The molecule has 0 bridgehead atoms. The summed E-state index contributed by atoms with van der Waals surface area (Å²) in [6.07, 6.45) is 0. The van der Waals surface area contributed by atoms with Crippen LogP contribution in [0, 0.1) is 20.8 Å². The van der Waals surface area contributed by atoms with Gasteiger partial charge in [0.05, 0.1) is 25.8 Å². The van der Waals surface area contributed by atoms with Crippen LogP contribution in [-0.2, 0) is 9.59 Å². The number of rotatable bonds is 5. The number of hydrogen-bond donors (Lipinski definition) is 1. The Kier molecular flexibility index (Phi) is 6.16. The fraction of sp³-hybridized carbons (Fsp3) is 0.214. The molecule has 0 radical (unpaired) electrons. The van der Waals surface area contributed by atoms with Crippen molar-refractivity contribution in [1.29, 1.82) is 0 Å². The first-order chi connectivity index (χ1) is 16.3. The Morgan fingerprint density at radius 1 is 0.853 bits per heavy atom. The predicted octanol–water partition coefficient (Wildman–Crippen LogP) is 5.26. The fourth-order valence-electron chi connectivity index (χ4n) is 4.40. The number of para-hydroxylation sites is 1. The van der Waals surface area contributed by atoms with Crippen LogP contribution in [0.25, 0.3) is 5.76 Å². The molecule has 1 saturated heterocycles. The first-order valence-electron chi connectivity index (χ1n) is 10.9. The van der Waals surface area contributed by atoms with E-state index in [9.17, 15) is 14.7 Å². The minimum absolute atomic E-state index is 0.0164. The highest BCUT2D eigenvalue weighted by Crippen LogP contribution is 2.45. The lowest BCUT2D eigenvalue weighted by atomic mass is 9.92. The van der Waals surface area contributed by atoms with Gasteiger partial charge in [-0.3, -0.25) is 14.5 Å². The summed E-state index contributed by atoms with van der Waals surface area (Å²) in [6.45, 7) is 5.63. The number of carbonyl (C=O) groups is 2. The molecule has 6 heteroatoms. The molecule has 1 amide bonds. The molecule has 0 aliphatic carbocycles. The van der Waals surface area contributed by atoms with E-state index in [-0.39, 0.29) is 11.3 Å². The van der Waals surface area contributed by atoms with E-state index in [0.29, 0.717) is 28.3 Å². The molecule has 1 unspecified atom stereocenters. The number of amides is 1. The molecule has 1 atom stereocenters. The number of hydrogen-bond acceptors (Lipinski definition) is 5. The van der Waals surface area contributed by atoms with E-state index < -0.39 is 17.7 Å². The van der Waals surface area contributed by atoms with Crippen LogP contribution in [0.5, 0.6) is 11.5 Å². The Bertz CT molecular complexity index is 1310. The number of nitrogens with zero attached hydrogens (tertiary/aromatic N) is 1. The van der Waals surface area contributed by atoms with E-state index in [4.69, 9.17) is 9.47 Å². The fourth-order valence-corrected chi connectivity index (χ4v) is 4.40. The smallest absolute Gasteiger partial charge is 0.300 e. The van der Waals surface area contributed by atoms with Crippen molar-refractivity contribution in [2.45, 2.75) is 26.8 Å². The van der Waals surface area contributed by atoms with Gasteiger partial charge in [0.2, 0.25) is 0 Å². The number of benzene rings is 3. The summed E-state index contributed by atoms with van der Waals surface area (Å²) in [4.78, 5) is 28.2. The number of Topliss-reactive ketones (excluding diaryl/α,β-unsaturated/α-hetero) is 1. The number of aryl methyl sites for hydroxylation is 3. The maximum absolute atomic E-state index is 13.4. The van der Waals surface area contributed by atoms with Gasteiger partial charge in [-0.05, 0) is 62.2 Å². The molecule has 3 aromatic carbocycles. The van der Waals surface area contributed by atoms with Gasteiger partial charge in [-0.1, -0.05) is 35.9 Å². The number of ketones is 1. The zero-order valence-electron chi connectivity index (χ0n) is 19.9. The average Bonchev–Trinajstić information content (AvgIpc) is 3.10. The number of ether oxygens (including phenoxy) is 2. The maximum atomic E-state index is 13.4. The number of methoxy groups -OCH3 is 2. The van der Waals surface area contributed by atoms with Crippen LogP contribution in [0.4, 0.5) is 5.69 Å². The Morgan fingerprint density at radius 2 is 1.50 bits per heavy atom. The van der Waals surface area contributed by atoms with Crippen molar-refractivity contribution >= 4 is 23.1 Å². The molecule has 174 valence electrons. The van der Waals surface area contributed by atoms with Crippen molar-refractivity contribution in [2.75, 3.05) is 19.1 Å². The second-order valence-corrected chi connectivity index (χ2v) is 8.38. The largest absolute Gasteiger partial charge is 0.507 e. The molecular formula is C28H27NO5. The molecule has 1 fully saturated rings. The SMILES string of the molecule is COc1cc(C)c(/C(O)=C2\C(=O)C(=O)N(c3ccc(C)cc3)C2c2ccccc2OC)cc1C. The minimum atomic E-state index is -0.860. The average molecular weight is 458 g/mol. The highest BCUT2D eigenvalue weighted by atomic mass is 16.5. The number of anilines is 1. The predicted molar refractivity (Wildman–Crippen MR) is 131 cm³/mol. The van der Waals surface area contributed by atoms with Gasteiger partial charge in [0.1, 0.15) is 17.3 Å². The van der Waals surface area contributed by atoms with Crippen LogP contribution in [0.1, 0.15) is 33.9 Å². The number of aliphatic hydroxyl groups is 1. The highest BCUT2D eigenvalue weighted by Gasteiger charge is 2.48. The molecule has 3 aromatic rings. The van der Waals surface area contributed by atoms with E-state index in [2.05, 4.69) is 0 Å². The van der Waals surface area contributed by atoms with E-state index in [1.165, 1.54) is 12.0 Å². The molecule has 34 heavy (non-hydrogen) atoms. The Labute approximate surface area is 199 Å². The summed E-state index contributed by atoms with van der Waals surface area (Å²) in [6, 6.07) is 17.3. The third-order valence-corrected chi connectivity index (χ3v) is 6.19. The molecule has 0 saturated carbocycles. The zero-order chi connectivity index (χ0) is 24.6. The second-order valence-electron chi connectivity index (χ2n) is 8.38. The van der Waals surface area contributed by atoms with Crippen molar-refractivity contribution < 1.29 is 24.2 Å². The van der Waals surface area contributed by atoms with E-state index in [1.54, 1.807) is 43.5 Å². The van der Waals surface area contributed by atoms with Gasteiger partial charge in [0.25, 0.3) is 11.7 Å². The van der Waals surface area contributed by atoms with Crippen molar-refractivity contribution in [1.82, 2.24) is 0 Å². The van der Waals surface area contributed by atoms with E-state index in [0.717, 1.165) is 16.7 Å². The van der Waals surface area contributed by atoms with Crippen LogP contribution in [0.3, 0.4) is 0 Å². The molecule has 4 rings (SSSR count). The van der Waals surface area contributed by atoms with Crippen molar-refractivity contribution in [2.24, 2.45) is 0 Å². The van der Waals surface area contributed by atoms with Crippen molar-refractivity contribution in [3.05, 3.63) is 94.1 Å². The number of aliphatic hydroxyl groups excluding tert-OH is 1. The third-order valence-electron chi connectivity index (χ3n) is 6.19. The van der Waals surface area contributed by atoms with Gasteiger partial charge in [0, 0.05) is 16.8 Å². The van der Waals surface area contributed by atoms with Crippen molar-refractivity contribution in [3.63, 3.8) is 0 Å². The lowest BCUT2D eigenvalue weighted by molar-refractivity contribution is -0.132. The summed E-state index contributed by atoms with van der Waals surface area (Å²) in [5, 5.41) is 11.5. The molecule has 0 spiro atoms. The molecule has 1 heterocycles. The van der Waals surface area contributed by atoms with E-state index >= 15 is 0 Å². The standard InChI is InChI=1S/C28H27NO5/c1-16-10-12-19(13-11-16)29-25(20-8-6-7-9-22(20)33-4)24(27(31)28(29)32)26(30)21-14-18(3)23(34-5)15-17(21)2/h6-15,25,30H,1-5H3/b26-24+. The van der Waals surface area contributed by atoms with Crippen LogP contribution < -0.4 is 14.4 Å². The Morgan fingerprint density at radius 3 is 2.15 bits per heavy atom. The van der Waals surface area contributed by atoms with Crippen LogP contribution in [0.15, 0.2) is 66.2 Å². The van der Waals surface area contributed by atoms with E-state index in [1.807, 2.05) is 45.0 Å². The lowest BCUT2D eigenvalue weighted by Gasteiger charge is -2.27. The summed E-state index contributed by atoms with van der Waals surface area (Å²) < 4.78 is 11.0. The van der Waals surface area contributed by atoms with Crippen LogP contribution in [0.2, 0.25) is 0 Å². The summed E-state index contributed by atoms with van der Waals surface area (Å²) in [7, 11) is 3.12. The van der Waals surface area contributed by atoms with Gasteiger partial charge < -0.3 is 14.6 Å². The molecule has 0 aromatic heterocycles. The van der Waals surface area contributed by atoms with Gasteiger partial charge in [0.15, 0.2) is 0 Å². The highest BCUT2D eigenvalue weighted by molar-refractivity contribution is 6.51. The summed E-state index contributed by atoms with van der Waals surface area (Å²) >= 11 is 0. The molecule has 6 nitrogen and oxygen atoms in total. The second kappa shape index (κ2) is 9.06.